The molecule has 1 aromatic carbocycles. The van der Waals surface area contributed by atoms with Crippen molar-refractivity contribution in [3.8, 4) is 0 Å². The Morgan fingerprint density at radius 1 is 1.27 bits per heavy atom. The van der Waals surface area contributed by atoms with Crippen LogP contribution in [0.3, 0.4) is 0 Å². The van der Waals surface area contributed by atoms with Gasteiger partial charge in [0.25, 0.3) is 10.0 Å². The molecular formula is C10H15NO3S. The third-order valence-electron chi connectivity index (χ3n) is 1.97. The summed E-state index contributed by atoms with van der Waals surface area (Å²) in [6.45, 7) is 2.08. The highest BCUT2D eigenvalue weighted by molar-refractivity contribution is 7.89. The van der Waals surface area contributed by atoms with Crippen LogP contribution in [0.1, 0.15) is 18.9 Å². The van der Waals surface area contributed by atoms with Gasteiger partial charge in [-0.3, -0.25) is 4.84 Å². The molecule has 0 aliphatic rings. The van der Waals surface area contributed by atoms with Crippen molar-refractivity contribution in [3.63, 3.8) is 0 Å². The maximum atomic E-state index is 11.5. The first-order valence-electron chi connectivity index (χ1n) is 4.74. The van der Waals surface area contributed by atoms with Crippen molar-refractivity contribution in [2.24, 2.45) is 0 Å². The van der Waals surface area contributed by atoms with Crippen LogP contribution < -0.4 is 4.89 Å². The molecule has 84 valence electrons. The molecule has 0 atom stereocenters. The standard InChI is InChI=1S/C10H15NO3S/c1-3-4-9-5-7-10(8-6-9)15(12,13)11-14-2/h5-8,11H,3-4H2,1-2H3. The van der Waals surface area contributed by atoms with E-state index in [-0.39, 0.29) is 4.90 Å². The molecular weight excluding hydrogens is 214 g/mol. The van der Waals surface area contributed by atoms with Gasteiger partial charge in [0, 0.05) is 0 Å². The van der Waals surface area contributed by atoms with Crippen LogP contribution in [0.5, 0.6) is 0 Å². The zero-order valence-corrected chi connectivity index (χ0v) is 9.67. The number of hydrogen-bond donors (Lipinski definition) is 1. The third-order valence-corrected chi connectivity index (χ3v) is 3.24. The Morgan fingerprint density at radius 2 is 1.87 bits per heavy atom. The minimum absolute atomic E-state index is 0.212. The van der Waals surface area contributed by atoms with E-state index in [9.17, 15) is 8.42 Å². The van der Waals surface area contributed by atoms with E-state index in [1.165, 1.54) is 7.11 Å². The van der Waals surface area contributed by atoms with E-state index in [0.717, 1.165) is 18.4 Å². The van der Waals surface area contributed by atoms with E-state index in [4.69, 9.17) is 0 Å². The number of sulfonamides is 1. The molecule has 0 unspecified atom stereocenters. The summed E-state index contributed by atoms with van der Waals surface area (Å²) in [4.78, 5) is 6.57. The topological polar surface area (TPSA) is 55.4 Å². The van der Waals surface area contributed by atoms with Gasteiger partial charge in [0.15, 0.2) is 0 Å². The fraction of sp³-hybridized carbons (Fsp3) is 0.400. The molecule has 0 fully saturated rings. The van der Waals surface area contributed by atoms with Crippen LogP contribution >= 0.6 is 0 Å². The van der Waals surface area contributed by atoms with Gasteiger partial charge in [-0.1, -0.05) is 30.4 Å². The second-order valence-corrected chi connectivity index (χ2v) is 4.83. The molecule has 5 heteroatoms. The van der Waals surface area contributed by atoms with Crippen LogP contribution in [-0.4, -0.2) is 15.5 Å². The smallest absolute Gasteiger partial charge is 0.262 e. The lowest BCUT2D eigenvalue weighted by Crippen LogP contribution is -2.22. The third kappa shape index (κ3) is 3.30. The van der Waals surface area contributed by atoms with E-state index in [1.54, 1.807) is 12.1 Å². The molecule has 0 spiro atoms. The van der Waals surface area contributed by atoms with E-state index < -0.39 is 10.0 Å². The summed E-state index contributed by atoms with van der Waals surface area (Å²) in [5, 5.41) is 0. The normalized spacial score (nSPS) is 11.6. The van der Waals surface area contributed by atoms with Gasteiger partial charge >= 0.3 is 0 Å². The van der Waals surface area contributed by atoms with Crippen molar-refractivity contribution in [2.45, 2.75) is 24.7 Å². The van der Waals surface area contributed by atoms with Crippen LogP contribution in [0.4, 0.5) is 0 Å². The van der Waals surface area contributed by atoms with Gasteiger partial charge < -0.3 is 0 Å². The van der Waals surface area contributed by atoms with Crippen molar-refractivity contribution in [2.75, 3.05) is 7.11 Å². The van der Waals surface area contributed by atoms with Crippen LogP contribution in [-0.2, 0) is 21.3 Å². The van der Waals surface area contributed by atoms with Crippen molar-refractivity contribution >= 4 is 10.0 Å². The highest BCUT2D eigenvalue weighted by Crippen LogP contribution is 2.11. The zero-order valence-electron chi connectivity index (χ0n) is 8.86. The Balaban J connectivity index is 2.89. The summed E-state index contributed by atoms with van der Waals surface area (Å²) >= 11 is 0. The van der Waals surface area contributed by atoms with Gasteiger partial charge in [0.05, 0.1) is 12.0 Å². The van der Waals surface area contributed by atoms with E-state index in [0.29, 0.717) is 0 Å². The Bertz CT molecular complexity index is 397. The first kappa shape index (κ1) is 12.2. The molecule has 0 radical (unpaired) electrons. The lowest BCUT2D eigenvalue weighted by molar-refractivity contribution is 0.153. The van der Waals surface area contributed by atoms with Gasteiger partial charge in [0.1, 0.15) is 0 Å². The number of rotatable bonds is 5. The van der Waals surface area contributed by atoms with Crippen molar-refractivity contribution in [3.05, 3.63) is 29.8 Å². The number of benzene rings is 1. The van der Waals surface area contributed by atoms with E-state index in [1.807, 2.05) is 17.0 Å². The Morgan fingerprint density at radius 3 is 2.33 bits per heavy atom. The summed E-state index contributed by atoms with van der Waals surface area (Å²) in [7, 11) is -2.25. The molecule has 4 nitrogen and oxygen atoms in total. The van der Waals surface area contributed by atoms with Gasteiger partial charge in [-0.05, 0) is 24.1 Å². The second-order valence-electron chi connectivity index (χ2n) is 3.18. The molecule has 0 amide bonds. The lowest BCUT2D eigenvalue weighted by Gasteiger charge is -2.05. The predicted octanol–water partition coefficient (Wildman–Crippen LogP) is 1.48. The fourth-order valence-corrected chi connectivity index (χ4v) is 2.09. The SMILES string of the molecule is CCCc1ccc(S(=O)(=O)NOC)cc1. The van der Waals surface area contributed by atoms with E-state index >= 15 is 0 Å². The first-order valence-corrected chi connectivity index (χ1v) is 6.22. The molecule has 0 saturated carbocycles. The highest BCUT2D eigenvalue weighted by atomic mass is 32.2. The molecule has 0 aromatic heterocycles. The minimum atomic E-state index is -3.51. The summed E-state index contributed by atoms with van der Waals surface area (Å²) < 4.78 is 22.9. The summed E-state index contributed by atoms with van der Waals surface area (Å²) in [6, 6.07) is 6.78. The zero-order chi connectivity index (χ0) is 11.3. The lowest BCUT2D eigenvalue weighted by atomic mass is 10.1. The molecule has 0 aliphatic heterocycles. The molecule has 1 aromatic rings. The Hall–Kier alpha value is -0.910. The first-order chi connectivity index (χ1) is 7.10. The highest BCUT2D eigenvalue weighted by Gasteiger charge is 2.12. The molecule has 1 N–H and O–H groups in total. The van der Waals surface area contributed by atoms with Crippen LogP contribution in [0.2, 0.25) is 0 Å². The van der Waals surface area contributed by atoms with Crippen molar-refractivity contribution in [1.82, 2.24) is 4.89 Å². The monoisotopic (exact) mass is 229 g/mol. The summed E-state index contributed by atoms with van der Waals surface area (Å²) in [5.74, 6) is 0. The second kappa shape index (κ2) is 5.25. The predicted molar refractivity (Wildman–Crippen MR) is 57.8 cm³/mol. The fourth-order valence-electron chi connectivity index (χ4n) is 1.28. The van der Waals surface area contributed by atoms with Crippen LogP contribution in [0.15, 0.2) is 29.2 Å². The average molecular weight is 229 g/mol. The van der Waals surface area contributed by atoms with Crippen LogP contribution in [0.25, 0.3) is 0 Å². The number of nitrogens with one attached hydrogen (secondary N) is 1. The van der Waals surface area contributed by atoms with Crippen molar-refractivity contribution < 1.29 is 13.3 Å². The largest absolute Gasteiger partial charge is 0.290 e. The van der Waals surface area contributed by atoms with Gasteiger partial charge in [-0.2, -0.15) is 0 Å². The van der Waals surface area contributed by atoms with Gasteiger partial charge in [-0.25, -0.2) is 8.42 Å². The molecule has 0 bridgehead atoms. The molecule has 0 aliphatic carbocycles. The van der Waals surface area contributed by atoms with Gasteiger partial charge in [-0.15, -0.1) is 0 Å². The number of aryl methyl sites for hydroxylation is 1. The maximum Gasteiger partial charge on any atom is 0.262 e. The molecule has 0 heterocycles. The quantitative estimate of drug-likeness (QED) is 0.778. The van der Waals surface area contributed by atoms with Crippen molar-refractivity contribution in [1.29, 1.82) is 0 Å². The molecule has 0 saturated heterocycles. The van der Waals surface area contributed by atoms with Gasteiger partial charge in [0.2, 0.25) is 0 Å². The Labute approximate surface area is 90.3 Å². The maximum absolute atomic E-state index is 11.5. The summed E-state index contributed by atoms with van der Waals surface area (Å²) in [5.41, 5.74) is 1.13. The Kier molecular flexibility index (Phi) is 4.26. The number of hydrogen-bond acceptors (Lipinski definition) is 3. The van der Waals surface area contributed by atoms with E-state index in [2.05, 4.69) is 11.8 Å². The molecule has 1 rings (SSSR count). The minimum Gasteiger partial charge on any atom is -0.290 e. The van der Waals surface area contributed by atoms with Crippen LogP contribution in [0, 0.1) is 0 Å². The summed E-state index contributed by atoms with van der Waals surface area (Å²) in [6.07, 6.45) is 2.00. The molecule has 15 heavy (non-hydrogen) atoms. The average Bonchev–Trinajstić information content (AvgIpc) is 2.19.